The molecular formula is C16H17N3O. The van der Waals surface area contributed by atoms with Gasteiger partial charge < -0.3 is 10.4 Å². The van der Waals surface area contributed by atoms with Crippen molar-refractivity contribution in [3.8, 4) is 5.88 Å². The molecule has 1 unspecified atom stereocenters. The van der Waals surface area contributed by atoms with Crippen LogP contribution in [0.4, 0.5) is 0 Å². The molecule has 0 aliphatic carbocycles. The van der Waals surface area contributed by atoms with E-state index in [1.165, 1.54) is 18.4 Å². The van der Waals surface area contributed by atoms with Crippen LogP contribution in [-0.2, 0) is 0 Å². The van der Waals surface area contributed by atoms with Gasteiger partial charge in [0.1, 0.15) is 5.65 Å². The van der Waals surface area contributed by atoms with Gasteiger partial charge in [0, 0.05) is 23.8 Å². The van der Waals surface area contributed by atoms with Gasteiger partial charge in [-0.1, -0.05) is 24.6 Å². The van der Waals surface area contributed by atoms with Gasteiger partial charge in [-0.15, -0.1) is 0 Å². The van der Waals surface area contributed by atoms with E-state index in [1.807, 2.05) is 18.3 Å². The van der Waals surface area contributed by atoms with E-state index < -0.39 is 0 Å². The molecule has 3 aromatic rings. The van der Waals surface area contributed by atoms with Gasteiger partial charge in [-0.2, -0.15) is 0 Å². The Morgan fingerprint density at radius 2 is 2.20 bits per heavy atom. The standard InChI is InChI=1S/C16H17N3O/c20-16-14-11(13-7-1-2-8-17-13)5-3-6-12(14)15-18-9-4-10-19(15)16/h3-6,9-10,13,17,20H,1-2,7-8H2. The van der Waals surface area contributed by atoms with Gasteiger partial charge >= 0.3 is 0 Å². The van der Waals surface area contributed by atoms with Gasteiger partial charge in [0.05, 0.1) is 5.39 Å². The van der Waals surface area contributed by atoms with Crippen LogP contribution in [0.25, 0.3) is 16.4 Å². The van der Waals surface area contributed by atoms with E-state index >= 15 is 0 Å². The molecular weight excluding hydrogens is 250 g/mol. The van der Waals surface area contributed by atoms with Crippen LogP contribution < -0.4 is 5.32 Å². The third-order valence-corrected chi connectivity index (χ3v) is 4.22. The van der Waals surface area contributed by atoms with Crippen LogP contribution >= 0.6 is 0 Å². The summed E-state index contributed by atoms with van der Waals surface area (Å²) in [4.78, 5) is 4.40. The van der Waals surface area contributed by atoms with Gasteiger partial charge in [0.25, 0.3) is 0 Å². The van der Waals surface area contributed by atoms with Crippen LogP contribution in [-0.4, -0.2) is 21.0 Å². The summed E-state index contributed by atoms with van der Waals surface area (Å²) in [5, 5.41) is 16.1. The Balaban J connectivity index is 2.02. The summed E-state index contributed by atoms with van der Waals surface area (Å²) in [5.74, 6) is 0.297. The molecule has 4 heteroatoms. The molecule has 0 bridgehead atoms. The van der Waals surface area contributed by atoms with Crippen LogP contribution in [0, 0.1) is 0 Å². The lowest BCUT2D eigenvalue weighted by atomic mass is 9.94. The third-order valence-electron chi connectivity index (χ3n) is 4.22. The Morgan fingerprint density at radius 1 is 1.25 bits per heavy atom. The van der Waals surface area contributed by atoms with E-state index in [2.05, 4.69) is 22.4 Å². The van der Waals surface area contributed by atoms with Crippen LogP contribution in [0.5, 0.6) is 5.88 Å². The number of fused-ring (bicyclic) bond motifs is 3. The SMILES string of the molecule is Oc1c2c(C3CCCCN3)cccc2c2ncccn12. The van der Waals surface area contributed by atoms with Crippen molar-refractivity contribution < 1.29 is 5.11 Å². The van der Waals surface area contributed by atoms with E-state index in [0.29, 0.717) is 11.9 Å². The highest BCUT2D eigenvalue weighted by Gasteiger charge is 2.21. The maximum Gasteiger partial charge on any atom is 0.205 e. The molecule has 1 saturated heterocycles. The molecule has 2 N–H and O–H groups in total. The van der Waals surface area contributed by atoms with E-state index in [0.717, 1.165) is 29.4 Å². The second-order valence-corrected chi connectivity index (χ2v) is 5.41. The summed E-state index contributed by atoms with van der Waals surface area (Å²) < 4.78 is 1.76. The highest BCUT2D eigenvalue weighted by Crippen LogP contribution is 2.37. The topological polar surface area (TPSA) is 49.6 Å². The minimum absolute atomic E-state index is 0.297. The summed E-state index contributed by atoms with van der Waals surface area (Å²) in [7, 11) is 0. The first-order chi connectivity index (χ1) is 9.86. The minimum Gasteiger partial charge on any atom is -0.494 e. The molecule has 0 spiro atoms. The second kappa shape index (κ2) is 4.49. The quantitative estimate of drug-likeness (QED) is 0.712. The van der Waals surface area contributed by atoms with Gasteiger partial charge in [0.15, 0.2) is 0 Å². The van der Waals surface area contributed by atoms with Crippen molar-refractivity contribution in [2.24, 2.45) is 0 Å². The summed E-state index contributed by atoms with van der Waals surface area (Å²) in [6, 6.07) is 8.37. The lowest BCUT2D eigenvalue weighted by molar-refractivity contribution is 0.412. The average molecular weight is 267 g/mol. The number of rotatable bonds is 1. The fourth-order valence-corrected chi connectivity index (χ4v) is 3.28. The molecule has 1 fully saturated rings. The van der Waals surface area contributed by atoms with Crippen molar-refractivity contribution in [3.05, 3.63) is 42.2 Å². The summed E-state index contributed by atoms with van der Waals surface area (Å²) in [5.41, 5.74) is 2.00. The monoisotopic (exact) mass is 267 g/mol. The molecule has 1 atom stereocenters. The first-order valence-electron chi connectivity index (χ1n) is 7.16. The minimum atomic E-state index is 0.297. The molecule has 4 rings (SSSR count). The van der Waals surface area contributed by atoms with Crippen molar-refractivity contribution in [2.45, 2.75) is 25.3 Å². The fraction of sp³-hybridized carbons (Fsp3) is 0.312. The number of nitrogens with one attached hydrogen (secondary N) is 1. The molecule has 2 aromatic heterocycles. The van der Waals surface area contributed by atoms with E-state index in [-0.39, 0.29) is 0 Å². The predicted molar refractivity (Wildman–Crippen MR) is 79.0 cm³/mol. The molecule has 0 amide bonds. The van der Waals surface area contributed by atoms with Gasteiger partial charge in [-0.25, -0.2) is 4.98 Å². The van der Waals surface area contributed by atoms with Crippen molar-refractivity contribution in [1.29, 1.82) is 0 Å². The Bertz CT molecular complexity index is 772. The number of piperidine rings is 1. The van der Waals surface area contributed by atoms with Crippen molar-refractivity contribution in [2.75, 3.05) is 6.54 Å². The average Bonchev–Trinajstić information content (AvgIpc) is 2.82. The lowest BCUT2D eigenvalue weighted by Gasteiger charge is -2.24. The first kappa shape index (κ1) is 11.7. The Hall–Kier alpha value is -2.07. The zero-order valence-corrected chi connectivity index (χ0v) is 11.2. The van der Waals surface area contributed by atoms with E-state index in [1.54, 1.807) is 10.6 Å². The second-order valence-electron chi connectivity index (χ2n) is 5.41. The van der Waals surface area contributed by atoms with E-state index in [9.17, 15) is 5.11 Å². The Morgan fingerprint density at radius 3 is 3.05 bits per heavy atom. The van der Waals surface area contributed by atoms with Crippen molar-refractivity contribution in [3.63, 3.8) is 0 Å². The maximum atomic E-state index is 10.6. The third kappa shape index (κ3) is 1.61. The number of aromatic hydroxyl groups is 1. The van der Waals surface area contributed by atoms with Gasteiger partial charge in [-0.3, -0.25) is 4.40 Å². The molecule has 0 radical (unpaired) electrons. The number of aromatic nitrogens is 2. The summed E-state index contributed by atoms with van der Waals surface area (Å²) in [6.07, 6.45) is 7.21. The maximum absolute atomic E-state index is 10.6. The normalized spacial score (nSPS) is 19.7. The van der Waals surface area contributed by atoms with Crippen LogP contribution in [0.1, 0.15) is 30.9 Å². The van der Waals surface area contributed by atoms with Crippen LogP contribution in [0.3, 0.4) is 0 Å². The molecule has 102 valence electrons. The summed E-state index contributed by atoms with van der Waals surface area (Å²) >= 11 is 0. The van der Waals surface area contributed by atoms with E-state index in [4.69, 9.17) is 0 Å². The highest BCUT2D eigenvalue weighted by molar-refractivity contribution is 6.01. The predicted octanol–water partition coefficient (Wildman–Crippen LogP) is 3.01. The lowest BCUT2D eigenvalue weighted by Crippen LogP contribution is -2.26. The molecule has 1 aliphatic rings. The first-order valence-corrected chi connectivity index (χ1v) is 7.16. The smallest absolute Gasteiger partial charge is 0.205 e. The zero-order valence-electron chi connectivity index (χ0n) is 11.2. The fourth-order valence-electron chi connectivity index (χ4n) is 3.28. The van der Waals surface area contributed by atoms with Gasteiger partial charge in [-0.05, 0) is 31.0 Å². The molecule has 0 saturated carbocycles. The zero-order chi connectivity index (χ0) is 13.5. The Labute approximate surface area is 117 Å². The molecule has 3 heterocycles. The Kier molecular flexibility index (Phi) is 2.63. The van der Waals surface area contributed by atoms with Gasteiger partial charge in [0.2, 0.25) is 5.88 Å². The molecule has 20 heavy (non-hydrogen) atoms. The number of hydrogen-bond acceptors (Lipinski definition) is 3. The van der Waals surface area contributed by atoms with Crippen LogP contribution in [0.15, 0.2) is 36.7 Å². The molecule has 4 nitrogen and oxygen atoms in total. The van der Waals surface area contributed by atoms with Crippen molar-refractivity contribution >= 4 is 16.4 Å². The molecule has 1 aromatic carbocycles. The van der Waals surface area contributed by atoms with Crippen LogP contribution in [0.2, 0.25) is 0 Å². The number of nitrogens with zero attached hydrogens (tertiary/aromatic N) is 2. The number of benzene rings is 1. The largest absolute Gasteiger partial charge is 0.494 e. The van der Waals surface area contributed by atoms with Crippen molar-refractivity contribution in [1.82, 2.24) is 14.7 Å². The number of hydrogen-bond donors (Lipinski definition) is 2. The molecule has 1 aliphatic heterocycles. The summed E-state index contributed by atoms with van der Waals surface area (Å²) in [6.45, 7) is 1.05. The highest BCUT2D eigenvalue weighted by atomic mass is 16.3.